The summed E-state index contributed by atoms with van der Waals surface area (Å²) in [5.74, 6) is -0.0410. The zero-order valence-electron chi connectivity index (χ0n) is 15.4. The van der Waals surface area contributed by atoms with Crippen molar-refractivity contribution in [3.05, 3.63) is 68.9 Å². The third kappa shape index (κ3) is 4.46. The Hall–Kier alpha value is -2.94. The summed E-state index contributed by atoms with van der Waals surface area (Å²) < 4.78 is 5.37. The second kappa shape index (κ2) is 8.83. The second-order valence-electron chi connectivity index (χ2n) is 6.27. The van der Waals surface area contributed by atoms with E-state index in [0.717, 1.165) is 16.0 Å². The van der Waals surface area contributed by atoms with Gasteiger partial charge in [-0.25, -0.2) is 4.98 Å². The number of ether oxygens (including phenoxy) is 1. The molecule has 2 N–H and O–H groups in total. The lowest BCUT2D eigenvalue weighted by molar-refractivity contribution is -0.137. The van der Waals surface area contributed by atoms with Gasteiger partial charge in [-0.15, -0.1) is 22.7 Å². The molecule has 0 unspecified atom stereocenters. The summed E-state index contributed by atoms with van der Waals surface area (Å²) in [6.07, 6.45) is 1.63. The van der Waals surface area contributed by atoms with Crippen LogP contribution in [0, 0.1) is 0 Å². The normalized spacial score (nSPS) is 11.7. The van der Waals surface area contributed by atoms with Crippen LogP contribution in [-0.4, -0.2) is 27.7 Å². The average molecular weight is 459 g/mol. The zero-order valence-corrected chi connectivity index (χ0v) is 17.8. The van der Waals surface area contributed by atoms with E-state index in [4.69, 9.17) is 21.4 Å². The van der Waals surface area contributed by atoms with E-state index in [1.807, 2.05) is 22.9 Å². The number of carboxylic acids is 1. The number of nitrogens with one attached hydrogen (secondary N) is 1. The summed E-state index contributed by atoms with van der Waals surface area (Å²) >= 11 is 9.40. The molecule has 3 heterocycles. The first-order chi connectivity index (χ1) is 14.5. The SMILES string of the molecule is O=C(O)CCOc1ccc(/C=C(\Cl)c2nc3scc(-c4cccs4)c3c(=O)[nH]2)cc1. The van der Waals surface area contributed by atoms with E-state index in [0.29, 0.717) is 26.8 Å². The van der Waals surface area contributed by atoms with Crippen molar-refractivity contribution in [2.24, 2.45) is 0 Å². The molecule has 0 atom stereocenters. The Morgan fingerprint density at radius 1 is 1.23 bits per heavy atom. The van der Waals surface area contributed by atoms with Crippen LogP contribution in [0.2, 0.25) is 0 Å². The largest absolute Gasteiger partial charge is 0.493 e. The summed E-state index contributed by atoms with van der Waals surface area (Å²) in [7, 11) is 0. The Morgan fingerprint density at radius 2 is 2.03 bits per heavy atom. The van der Waals surface area contributed by atoms with Crippen molar-refractivity contribution in [2.45, 2.75) is 6.42 Å². The number of aliphatic carboxylic acids is 1. The number of H-pyrrole nitrogens is 1. The fraction of sp³-hybridized carbons (Fsp3) is 0.0952. The fourth-order valence-electron chi connectivity index (χ4n) is 2.81. The minimum absolute atomic E-state index is 0.0636. The molecule has 0 saturated heterocycles. The first-order valence-corrected chi connectivity index (χ1v) is 11.0. The molecule has 0 fully saturated rings. The van der Waals surface area contributed by atoms with Gasteiger partial charge in [0.2, 0.25) is 0 Å². The Morgan fingerprint density at radius 3 is 2.73 bits per heavy atom. The van der Waals surface area contributed by atoms with Crippen molar-refractivity contribution in [3.8, 4) is 16.2 Å². The molecule has 0 spiro atoms. The van der Waals surface area contributed by atoms with Crippen LogP contribution in [0.4, 0.5) is 0 Å². The summed E-state index contributed by atoms with van der Waals surface area (Å²) in [6, 6.07) is 10.9. The molecule has 4 rings (SSSR count). The second-order valence-corrected chi connectivity index (χ2v) is 8.49. The lowest BCUT2D eigenvalue weighted by Gasteiger charge is -2.05. The predicted molar refractivity (Wildman–Crippen MR) is 121 cm³/mol. The molecule has 0 aliphatic rings. The highest BCUT2D eigenvalue weighted by Gasteiger charge is 2.14. The van der Waals surface area contributed by atoms with Crippen molar-refractivity contribution in [1.29, 1.82) is 0 Å². The van der Waals surface area contributed by atoms with Crippen LogP contribution in [-0.2, 0) is 4.79 Å². The zero-order chi connectivity index (χ0) is 21.1. The molecule has 0 saturated carbocycles. The molecular weight excluding hydrogens is 444 g/mol. The van der Waals surface area contributed by atoms with Crippen LogP contribution in [0.25, 0.3) is 31.8 Å². The Bertz CT molecular complexity index is 1270. The standard InChI is InChI=1S/C21H15ClN2O4S2/c22-15(10-12-3-5-13(6-4-12)28-8-7-17(25)26)19-23-20(27)18-14(11-30-21(18)24-19)16-2-1-9-29-16/h1-6,9-11H,7-8H2,(H,25,26)(H,23,24,27)/b15-10-. The summed E-state index contributed by atoms with van der Waals surface area (Å²) in [6.45, 7) is 0.102. The summed E-state index contributed by atoms with van der Waals surface area (Å²) in [5, 5.41) is 13.4. The summed E-state index contributed by atoms with van der Waals surface area (Å²) in [4.78, 5) is 32.2. The van der Waals surface area contributed by atoms with Gasteiger partial charge in [0.15, 0.2) is 5.82 Å². The number of hydrogen-bond donors (Lipinski definition) is 2. The summed E-state index contributed by atoms with van der Waals surface area (Å²) in [5.41, 5.74) is 1.44. The van der Waals surface area contributed by atoms with E-state index in [-0.39, 0.29) is 18.6 Å². The van der Waals surface area contributed by atoms with Crippen molar-refractivity contribution in [1.82, 2.24) is 9.97 Å². The Labute approximate surface area is 184 Å². The van der Waals surface area contributed by atoms with Crippen LogP contribution in [0.5, 0.6) is 5.75 Å². The number of halogens is 1. The molecule has 6 nitrogen and oxygen atoms in total. The van der Waals surface area contributed by atoms with E-state index >= 15 is 0 Å². The van der Waals surface area contributed by atoms with Crippen LogP contribution in [0.15, 0.2) is 52.0 Å². The van der Waals surface area contributed by atoms with Crippen molar-refractivity contribution in [3.63, 3.8) is 0 Å². The van der Waals surface area contributed by atoms with Gasteiger partial charge >= 0.3 is 5.97 Å². The highest BCUT2D eigenvalue weighted by Crippen LogP contribution is 2.34. The van der Waals surface area contributed by atoms with E-state index in [2.05, 4.69) is 9.97 Å². The lowest BCUT2D eigenvalue weighted by atomic mass is 10.2. The maximum atomic E-state index is 12.7. The Kier molecular flexibility index (Phi) is 5.98. The number of carboxylic acid groups (broad SMARTS) is 1. The molecule has 0 aliphatic heterocycles. The molecule has 0 radical (unpaired) electrons. The number of aromatic nitrogens is 2. The number of fused-ring (bicyclic) bond motifs is 1. The van der Waals surface area contributed by atoms with E-state index < -0.39 is 5.97 Å². The number of aromatic amines is 1. The lowest BCUT2D eigenvalue weighted by Crippen LogP contribution is -2.10. The molecule has 1 aromatic carbocycles. The minimum Gasteiger partial charge on any atom is -0.493 e. The smallest absolute Gasteiger partial charge is 0.306 e. The van der Waals surface area contributed by atoms with E-state index in [1.54, 1.807) is 41.7 Å². The van der Waals surface area contributed by atoms with Crippen LogP contribution >= 0.6 is 34.3 Å². The highest BCUT2D eigenvalue weighted by molar-refractivity contribution is 7.18. The number of nitrogens with zero attached hydrogens (tertiary/aromatic N) is 1. The topological polar surface area (TPSA) is 92.3 Å². The van der Waals surface area contributed by atoms with Gasteiger partial charge in [-0.2, -0.15) is 0 Å². The maximum Gasteiger partial charge on any atom is 0.306 e. The van der Waals surface area contributed by atoms with Gasteiger partial charge in [-0.05, 0) is 35.2 Å². The third-order valence-corrected chi connectivity index (χ3v) is 6.28. The quantitative estimate of drug-likeness (QED) is 0.392. The Balaban J connectivity index is 1.57. The molecule has 30 heavy (non-hydrogen) atoms. The van der Waals surface area contributed by atoms with Crippen molar-refractivity contribution >= 4 is 61.6 Å². The average Bonchev–Trinajstić information content (AvgIpc) is 3.38. The van der Waals surface area contributed by atoms with Crippen LogP contribution < -0.4 is 10.3 Å². The van der Waals surface area contributed by atoms with Gasteiger partial charge in [0.25, 0.3) is 5.56 Å². The molecular formula is C21H15ClN2O4S2. The maximum absolute atomic E-state index is 12.7. The van der Waals surface area contributed by atoms with Crippen molar-refractivity contribution < 1.29 is 14.6 Å². The third-order valence-electron chi connectivity index (χ3n) is 4.21. The monoisotopic (exact) mass is 458 g/mol. The number of rotatable bonds is 7. The van der Waals surface area contributed by atoms with Gasteiger partial charge in [-0.3, -0.25) is 9.59 Å². The van der Waals surface area contributed by atoms with Gasteiger partial charge in [0, 0.05) is 15.8 Å². The fourth-order valence-corrected chi connectivity index (χ4v) is 4.78. The molecule has 3 aromatic heterocycles. The highest BCUT2D eigenvalue weighted by atomic mass is 35.5. The van der Waals surface area contributed by atoms with Gasteiger partial charge in [0.05, 0.1) is 23.4 Å². The molecule has 0 amide bonds. The van der Waals surface area contributed by atoms with Crippen LogP contribution in [0.3, 0.4) is 0 Å². The number of thiophene rings is 2. The molecule has 4 aromatic rings. The van der Waals surface area contributed by atoms with Gasteiger partial charge in [-0.1, -0.05) is 29.8 Å². The van der Waals surface area contributed by atoms with E-state index in [9.17, 15) is 9.59 Å². The number of benzene rings is 1. The molecule has 0 bridgehead atoms. The minimum atomic E-state index is -0.909. The van der Waals surface area contributed by atoms with E-state index in [1.165, 1.54) is 11.3 Å². The molecule has 152 valence electrons. The first kappa shape index (κ1) is 20.3. The predicted octanol–water partition coefficient (Wildman–Crippen LogP) is 5.30. The van der Waals surface area contributed by atoms with Gasteiger partial charge in [0.1, 0.15) is 10.6 Å². The molecule has 9 heteroatoms. The van der Waals surface area contributed by atoms with Crippen LogP contribution in [0.1, 0.15) is 17.8 Å². The first-order valence-electron chi connectivity index (χ1n) is 8.89. The number of hydrogen-bond acceptors (Lipinski definition) is 6. The number of carbonyl (C=O) groups is 1. The molecule has 0 aliphatic carbocycles. The van der Waals surface area contributed by atoms with Gasteiger partial charge < -0.3 is 14.8 Å². The van der Waals surface area contributed by atoms with Crippen molar-refractivity contribution in [2.75, 3.05) is 6.61 Å².